The Morgan fingerprint density at radius 2 is 2.11 bits per heavy atom. The van der Waals surface area contributed by atoms with E-state index in [2.05, 4.69) is 11.8 Å². The summed E-state index contributed by atoms with van der Waals surface area (Å²) in [5.41, 5.74) is 7.04. The van der Waals surface area contributed by atoms with Gasteiger partial charge in [0.25, 0.3) is 0 Å². The van der Waals surface area contributed by atoms with Gasteiger partial charge in [-0.25, -0.2) is 4.39 Å². The second-order valence-electron chi connectivity index (χ2n) is 5.24. The molecule has 0 bridgehead atoms. The van der Waals surface area contributed by atoms with Crippen LogP contribution in [0, 0.1) is 11.7 Å². The number of hydrogen-bond acceptors (Lipinski definition) is 2. The van der Waals surface area contributed by atoms with E-state index in [1.165, 1.54) is 31.4 Å². The highest BCUT2D eigenvalue weighted by molar-refractivity contribution is 5.20. The average Bonchev–Trinajstić information content (AvgIpc) is 2.82. The first kappa shape index (κ1) is 13.5. The molecule has 2 nitrogen and oxygen atoms in total. The predicted octanol–water partition coefficient (Wildman–Crippen LogP) is 2.95. The normalized spacial score (nSPS) is 22.3. The van der Waals surface area contributed by atoms with Crippen LogP contribution in [0.25, 0.3) is 0 Å². The van der Waals surface area contributed by atoms with Crippen molar-refractivity contribution < 1.29 is 4.39 Å². The summed E-state index contributed by atoms with van der Waals surface area (Å²) in [7, 11) is 0. The van der Waals surface area contributed by atoms with E-state index in [-0.39, 0.29) is 11.9 Å². The lowest BCUT2D eigenvalue weighted by Crippen LogP contribution is -2.32. The minimum atomic E-state index is -0.181. The molecule has 0 saturated carbocycles. The van der Waals surface area contributed by atoms with Gasteiger partial charge in [0.1, 0.15) is 5.82 Å². The highest BCUT2D eigenvalue weighted by atomic mass is 19.1. The Balaban J connectivity index is 2.03. The zero-order valence-corrected chi connectivity index (χ0v) is 11.1. The van der Waals surface area contributed by atoms with Gasteiger partial charge in [0.15, 0.2) is 0 Å². The third kappa shape index (κ3) is 3.09. The SMILES string of the molecule is CCCC1CCN(C(CN)c2ccc(F)cc2)C1. The van der Waals surface area contributed by atoms with Crippen molar-refractivity contribution in [2.24, 2.45) is 11.7 Å². The number of halogens is 1. The summed E-state index contributed by atoms with van der Waals surface area (Å²) < 4.78 is 12.9. The topological polar surface area (TPSA) is 29.3 Å². The average molecular weight is 250 g/mol. The predicted molar refractivity (Wildman–Crippen MR) is 72.8 cm³/mol. The lowest BCUT2D eigenvalue weighted by Gasteiger charge is -2.27. The molecule has 1 aromatic rings. The first-order chi connectivity index (χ1) is 8.74. The van der Waals surface area contributed by atoms with Crippen LogP contribution in [-0.4, -0.2) is 24.5 Å². The molecule has 1 heterocycles. The Morgan fingerprint density at radius 1 is 1.39 bits per heavy atom. The largest absolute Gasteiger partial charge is 0.329 e. The van der Waals surface area contributed by atoms with Gasteiger partial charge in [0.05, 0.1) is 0 Å². The minimum Gasteiger partial charge on any atom is -0.329 e. The fourth-order valence-electron chi connectivity index (χ4n) is 2.97. The molecule has 1 aromatic carbocycles. The first-order valence-electron chi connectivity index (χ1n) is 6.94. The van der Waals surface area contributed by atoms with Gasteiger partial charge in [-0.2, -0.15) is 0 Å². The standard InChI is InChI=1S/C15H23FN2/c1-2-3-12-8-9-18(11-12)15(10-17)13-4-6-14(16)7-5-13/h4-7,12,15H,2-3,8-11,17H2,1H3. The minimum absolute atomic E-state index is 0.181. The van der Waals surface area contributed by atoms with E-state index in [1.807, 2.05) is 12.1 Å². The van der Waals surface area contributed by atoms with Crippen molar-refractivity contribution in [3.63, 3.8) is 0 Å². The van der Waals surface area contributed by atoms with Crippen molar-refractivity contribution in [1.29, 1.82) is 0 Å². The Hall–Kier alpha value is -0.930. The highest BCUT2D eigenvalue weighted by Crippen LogP contribution is 2.29. The van der Waals surface area contributed by atoms with Gasteiger partial charge >= 0.3 is 0 Å². The Kier molecular flexibility index (Phi) is 4.72. The van der Waals surface area contributed by atoms with Gasteiger partial charge < -0.3 is 5.73 Å². The number of nitrogens with two attached hydrogens (primary N) is 1. The van der Waals surface area contributed by atoms with Gasteiger partial charge in [0.2, 0.25) is 0 Å². The van der Waals surface area contributed by atoms with E-state index < -0.39 is 0 Å². The molecule has 2 unspecified atom stereocenters. The molecule has 0 amide bonds. The van der Waals surface area contributed by atoms with Gasteiger partial charge in [-0.05, 0) is 43.0 Å². The summed E-state index contributed by atoms with van der Waals surface area (Å²) >= 11 is 0. The van der Waals surface area contributed by atoms with Gasteiger partial charge in [0, 0.05) is 19.1 Å². The number of benzene rings is 1. The fourth-order valence-corrected chi connectivity index (χ4v) is 2.97. The van der Waals surface area contributed by atoms with Crippen molar-refractivity contribution in [3.05, 3.63) is 35.6 Å². The number of likely N-dealkylation sites (tertiary alicyclic amines) is 1. The van der Waals surface area contributed by atoms with Crippen LogP contribution in [0.2, 0.25) is 0 Å². The molecule has 2 atom stereocenters. The molecule has 1 aliphatic rings. The van der Waals surface area contributed by atoms with Crippen LogP contribution in [0.4, 0.5) is 4.39 Å². The van der Waals surface area contributed by atoms with Crippen molar-refractivity contribution in [2.45, 2.75) is 32.2 Å². The van der Waals surface area contributed by atoms with Gasteiger partial charge in [-0.1, -0.05) is 25.5 Å². The van der Waals surface area contributed by atoms with E-state index in [4.69, 9.17) is 5.73 Å². The third-order valence-corrected chi connectivity index (χ3v) is 3.93. The van der Waals surface area contributed by atoms with E-state index in [9.17, 15) is 4.39 Å². The molecule has 1 saturated heterocycles. The molecule has 0 aliphatic carbocycles. The smallest absolute Gasteiger partial charge is 0.123 e. The van der Waals surface area contributed by atoms with Crippen LogP contribution in [0.1, 0.15) is 37.8 Å². The summed E-state index contributed by atoms with van der Waals surface area (Å²) in [6.45, 7) is 5.09. The molecule has 3 heteroatoms. The van der Waals surface area contributed by atoms with Crippen LogP contribution in [0.15, 0.2) is 24.3 Å². The zero-order valence-electron chi connectivity index (χ0n) is 11.1. The third-order valence-electron chi connectivity index (χ3n) is 3.93. The summed E-state index contributed by atoms with van der Waals surface area (Å²) in [5, 5.41) is 0. The maximum atomic E-state index is 12.9. The van der Waals surface area contributed by atoms with Crippen LogP contribution in [-0.2, 0) is 0 Å². The van der Waals surface area contributed by atoms with Crippen molar-refractivity contribution in [1.82, 2.24) is 4.90 Å². The number of nitrogens with zero attached hydrogens (tertiary/aromatic N) is 1. The molecule has 100 valence electrons. The van der Waals surface area contributed by atoms with Gasteiger partial charge in [-0.15, -0.1) is 0 Å². The van der Waals surface area contributed by atoms with Crippen LogP contribution < -0.4 is 5.73 Å². The lowest BCUT2D eigenvalue weighted by molar-refractivity contribution is 0.239. The molecular weight excluding hydrogens is 227 g/mol. The van der Waals surface area contributed by atoms with Crippen molar-refractivity contribution >= 4 is 0 Å². The molecular formula is C15H23FN2. The second-order valence-corrected chi connectivity index (χ2v) is 5.24. The molecule has 0 spiro atoms. The van der Waals surface area contributed by atoms with E-state index in [1.54, 1.807) is 0 Å². The lowest BCUT2D eigenvalue weighted by atomic mass is 10.0. The summed E-state index contributed by atoms with van der Waals surface area (Å²) in [6.07, 6.45) is 3.82. The van der Waals surface area contributed by atoms with E-state index >= 15 is 0 Å². The summed E-state index contributed by atoms with van der Waals surface area (Å²) in [6, 6.07) is 7.02. The molecule has 0 radical (unpaired) electrons. The zero-order chi connectivity index (χ0) is 13.0. The summed E-state index contributed by atoms with van der Waals surface area (Å²) in [5.74, 6) is 0.629. The molecule has 2 N–H and O–H groups in total. The van der Waals surface area contributed by atoms with Crippen LogP contribution in [0.3, 0.4) is 0 Å². The Labute approximate surface area is 109 Å². The van der Waals surface area contributed by atoms with Crippen molar-refractivity contribution in [2.75, 3.05) is 19.6 Å². The molecule has 18 heavy (non-hydrogen) atoms. The van der Waals surface area contributed by atoms with Crippen LogP contribution in [0.5, 0.6) is 0 Å². The quantitative estimate of drug-likeness (QED) is 0.870. The van der Waals surface area contributed by atoms with Gasteiger partial charge in [-0.3, -0.25) is 4.90 Å². The fraction of sp³-hybridized carbons (Fsp3) is 0.600. The number of hydrogen-bond donors (Lipinski definition) is 1. The Bertz CT molecular complexity index is 363. The molecule has 0 aromatic heterocycles. The second kappa shape index (κ2) is 6.30. The van der Waals surface area contributed by atoms with E-state index in [0.717, 1.165) is 24.6 Å². The summed E-state index contributed by atoms with van der Waals surface area (Å²) in [4.78, 5) is 2.45. The molecule has 2 rings (SSSR count). The van der Waals surface area contributed by atoms with Crippen LogP contribution >= 0.6 is 0 Å². The maximum Gasteiger partial charge on any atom is 0.123 e. The van der Waals surface area contributed by atoms with E-state index in [0.29, 0.717) is 6.54 Å². The monoisotopic (exact) mass is 250 g/mol. The van der Waals surface area contributed by atoms with Crippen molar-refractivity contribution in [3.8, 4) is 0 Å². The highest BCUT2D eigenvalue weighted by Gasteiger charge is 2.27. The Morgan fingerprint density at radius 3 is 2.72 bits per heavy atom. The molecule has 1 fully saturated rings. The number of rotatable bonds is 5. The molecule has 1 aliphatic heterocycles. The first-order valence-corrected chi connectivity index (χ1v) is 6.94. The maximum absolute atomic E-state index is 12.9.